The van der Waals surface area contributed by atoms with E-state index in [4.69, 9.17) is 4.74 Å². The molecule has 0 atom stereocenters. The van der Waals surface area contributed by atoms with Gasteiger partial charge < -0.3 is 10.1 Å². The smallest absolute Gasteiger partial charge is 0.380 e. The van der Waals surface area contributed by atoms with E-state index >= 15 is 0 Å². The zero-order chi connectivity index (χ0) is 10.4. The predicted molar refractivity (Wildman–Crippen MR) is 47.1 cm³/mol. The highest BCUT2D eigenvalue weighted by Crippen LogP contribution is 2.21. The highest BCUT2D eigenvalue weighted by Gasteiger charge is 2.25. The number of hydrogen-bond acceptors (Lipinski definition) is 2. The second-order valence-electron chi connectivity index (χ2n) is 3.56. The van der Waals surface area contributed by atoms with E-state index in [1.54, 1.807) is 0 Å². The topological polar surface area (TPSA) is 21.3 Å². The van der Waals surface area contributed by atoms with Crippen LogP contribution in [-0.4, -0.2) is 32.0 Å². The normalized spacial score (nSPS) is 17.4. The van der Waals surface area contributed by atoms with E-state index in [1.165, 1.54) is 12.8 Å². The number of alkyl halides is 3. The van der Waals surface area contributed by atoms with Crippen LogP contribution in [0, 0.1) is 0 Å². The second kappa shape index (κ2) is 5.56. The van der Waals surface area contributed by atoms with Crippen molar-refractivity contribution in [1.29, 1.82) is 0 Å². The average Bonchev–Trinajstić information content (AvgIpc) is 2.84. The minimum atomic E-state index is -4.05. The van der Waals surface area contributed by atoms with E-state index in [2.05, 4.69) is 5.32 Å². The average molecular weight is 211 g/mol. The highest BCUT2D eigenvalue weighted by molar-refractivity contribution is 4.80. The van der Waals surface area contributed by atoms with E-state index in [-0.39, 0.29) is 13.0 Å². The van der Waals surface area contributed by atoms with Gasteiger partial charge in [0.15, 0.2) is 0 Å². The molecule has 1 saturated carbocycles. The molecule has 14 heavy (non-hydrogen) atoms. The molecule has 0 bridgehead atoms. The van der Waals surface area contributed by atoms with Crippen molar-refractivity contribution in [2.75, 3.05) is 19.8 Å². The van der Waals surface area contributed by atoms with Gasteiger partial charge >= 0.3 is 6.18 Å². The summed E-state index contributed by atoms with van der Waals surface area (Å²) in [7, 11) is 0. The van der Waals surface area contributed by atoms with Crippen LogP contribution in [0.4, 0.5) is 13.2 Å². The molecule has 0 aliphatic heterocycles. The molecule has 5 heteroatoms. The van der Waals surface area contributed by atoms with Gasteiger partial charge in [-0.25, -0.2) is 0 Å². The Hall–Kier alpha value is -0.290. The van der Waals surface area contributed by atoms with Gasteiger partial charge in [0.25, 0.3) is 0 Å². The molecule has 0 amide bonds. The zero-order valence-corrected chi connectivity index (χ0v) is 8.07. The molecule has 84 valence electrons. The lowest BCUT2D eigenvalue weighted by Crippen LogP contribution is -2.22. The van der Waals surface area contributed by atoms with Crippen molar-refractivity contribution in [3.63, 3.8) is 0 Å². The van der Waals surface area contributed by atoms with Crippen molar-refractivity contribution in [2.45, 2.75) is 37.9 Å². The minimum Gasteiger partial charge on any atom is -0.380 e. The first-order chi connectivity index (χ1) is 6.58. The first kappa shape index (κ1) is 11.8. The van der Waals surface area contributed by atoms with Gasteiger partial charge in [-0.05, 0) is 19.3 Å². The third-order valence-electron chi connectivity index (χ3n) is 2.01. The standard InChI is InChI=1S/C9H16F3NO/c10-9(11,12)4-1-6-14-7-5-13-8-2-3-8/h8,13H,1-7H2. The Morgan fingerprint density at radius 1 is 1.21 bits per heavy atom. The quantitative estimate of drug-likeness (QED) is 0.651. The summed E-state index contributed by atoms with van der Waals surface area (Å²) in [6, 6.07) is 0.633. The Kier molecular flexibility index (Phi) is 4.68. The second-order valence-corrected chi connectivity index (χ2v) is 3.56. The van der Waals surface area contributed by atoms with Gasteiger partial charge in [-0.2, -0.15) is 13.2 Å². The summed E-state index contributed by atoms with van der Waals surface area (Å²) in [4.78, 5) is 0. The summed E-state index contributed by atoms with van der Waals surface area (Å²) in [5.41, 5.74) is 0. The number of rotatable bonds is 7. The van der Waals surface area contributed by atoms with Crippen molar-refractivity contribution < 1.29 is 17.9 Å². The molecule has 0 heterocycles. The maximum absolute atomic E-state index is 11.7. The molecular formula is C9H16F3NO. The number of hydrogen-bond donors (Lipinski definition) is 1. The number of halogens is 3. The lowest BCUT2D eigenvalue weighted by atomic mass is 10.3. The fourth-order valence-electron chi connectivity index (χ4n) is 1.10. The Morgan fingerprint density at radius 3 is 2.50 bits per heavy atom. The lowest BCUT2D eigenvalue weighted by molar-refractivity contribution is -0.137. The molecule has 1 aliphatic carbocycles. The summed E-state index contributed by atoms with van der Waals surface area (Å²) in [5, 5.41) is 3.22. The van der Waals surface area contributed by atoms with Crippen molar-refractivity contribution >= 4 is 0 Å². The van der Waals surface area contributed by atoms with Gasteiger partial charge in [0.1, 0.15) is 0 Å². The van der Waals surface area contributed by atoms with Gasteiger partial charge in [-0.3, -0.25) is 0 Å². The first-order valence-electron chi connectivity index (χ1n) is 4.96. The van der Waals surface area contributed by atoms with Crippen molar-refractivity contribution in [3.8, 4) is 0 Å². The Labute approximate surface area is 81.8 Å². The SMILES string of the molecule is FC(F)(F)CCCOCCNC1CC1. The van der Waals surface area contributed by atoms with Gasteiger partial charge in [-0.1, -0.05) is 0 Å². The van der Waals surface area contributed by atoms with Crippen LogP contribution in [-0.2, 0) is 4.74 Å². The third kappa shape index (κ3) is 7.15. The van der Waals surface area contributed by atoms with E-state index in [0.29, 0.717) is 12.6 Å². The van der Waals surface area contributed by atoms with Crippen LogP contribution in [0.1, 0.15) is 25.7 Å². The third-order valence-corrected chi connectivity index (χ3v) is 2.01. The molecule has 1 N–H and O–H groups in total. The van der Waals surface area contributed by atoms with Gasteiger partial charge in [0, 0.05) is 25.6 Å². The lowest BCUT2D eigenvalue weighted by Gasteiger charge is -2.07. The largest absolute Gasteiger partial charge is 0.389 e. The Balaban J connectivity index is 1.75. The zero-order valence-electron chi connectivity index (χ0n) is 8.07. The number of ether oxygens (including phenoxy) is 1. The van der Waals surface area contributed by atoms with Crippen LogP contribution in [0.3, 0.4) is 0 Å². The minimum absolute atomic E-state index is 0.0624. The molecule has 0 aromatic heterocycles. The summed E-state index contributed by atoms with van der Waals surface area (Å²) in [6.45, 7) is 1.46. The molecule has 0 spiro atoms. The van der Waals surface area contributed by atoms with Gasteiger partial charge in [0.2, 0.25) is 0 Å². The maximum Gasteiger partial charge on any atom is 0.389 e. The molecule has 0 saturated heterocycles. The predicted octanol–water partition coefficient (Wildman–Crippen LogP) is 2.10. The summed E-state index contributed by atoms with van der Waals surface area (Å²) >= 11 is 0. The molecule has 1 rings (SSSR count). The molecule has 0 aromatic carbocycles. The van der Waals surface area contributed by atoms with Crippen LogP contribution >= 0.6 is 0 Å². The van der Waals surface area contributed by atoms with Crippen molar-refractivity contribution in [3.05, 3.63) is 0 Å². The molecule has 0 aromatic rings. The Morgan fingerprint density at radius 2 is 1.93 bits per heavy atom. The maximum atomic E-state index is 11.7. The van der Waals surface area contributed by atoms with Crippen LogP contribution in [0.25, 0.3) is 0 Å². The summed E-state index contributed by atoms with van der Waals surface area (Å²) < 4.78 is 40.1. The van der Waals surface area contributed by atoms with E-state index in [1.807, 2.05) is 0 Å². The van der Waals surface area contributed by atoms with E-state index in [0.717, 1.165) is 6.54 Å². The van der Waals surface area contributed by atoms with Gasteiger partial charge in [0.05, 0.1) is 6.61 Å². The molecule has 1 aliphatic rings. The van der Waals surface area contributed by atoms with Crippen molar-refractivity contribution in [2.24, 2.45) is 0 Å². The van der Waals surface area contributed by atoms with E-state index in [9.17, 15) is 13.2 Å². The van der Waals surface area contributed by atoms with E-state index < -0.39 is 12.6 Å². The van der Waals surface area contributed by atoms with Crippen LogP contribution < -0.4 is 5.32 Å². The number of nitrogens with one attached hydrogen (secondary N) is 1. The summed E-state index contributed by atoms with van der Waals surface area (Å²) in [5.74, 6) is 0. The first-order valence-corrected chi connectivity index (χ1v) is 4.96. The Bertz CT molecular complexity index is 157. The molecule has 1 fully saturated rings. The summed E-state index contributed by atoms with van der Waals surface area (Å²) in [6.07, 6.45) is -2.30. The molecule has 2 nitrogen and oxygen atoms in total. The molecular weight excluding hydrogens is 195 g/mol. The van der Waals surface area contributed by atoms with Crippen molar-refractivity contribution in [1.82, 2.24) is 5.32 Å². The molecule has 0 radical (unpaired) electrons. The van der Waals surface area contributed by atoms with Crippen LogP contribution in [0.2, 0.25) is 0 Å². The monoisotopic (exact) mass is 211 g/mol. The highest BCUT2D eigenvalue weighted by atomic mass is 19.4. The fourth-order valence-corrected chi connectivity index (χ4v) is 1.10. The fraction of sp³-hybridized carbons (Fsp3) is 1.00. The van der Waals surface area contributed by atoms with Crippen LogP contribution in [0.15, 0.2) is 0 Å². The van der Waals surface area contributed by atoms with Gasteiger partial charge in [-0.15, -0.1) is 0 Å². The van der Waals surface area contributed by atoms with Crippen LogP contribution in [0.5, 0.6) is 0 Å². The molecule has 0 unspecified atom stereocenters.